The molecule has 1 saturated heterocycles. The lowest BCUT2D eigenvalue weighted by atomic mass is 9.99. The van der Waals surface area contributed by atoms with Crippen LogP contribution in [0.5, 0.6) is 0 Å². The van der Waals surface area contributed by atoms with Gasteiger partial charge in [-0.3, -0.25) is 0 Å². The summed E-state index contributed by atoms with van der Waals surface area (Å²) in [6.07, 6.45) is 3.82. The van der Waals surface area contributed by atoms with E-state index < -0.39 is 0 Å². The lowest BCUT2D eigenvalue weighted by molar-refractivity contribution is 0.208. The van der Waals surface area contributed by atoms with Gasteiger partial charge in [0.15, 0.2) is 5.65 Å². The van der Waals surface area contributed by atoms with Crippen LogP contribution >= 0.6 is 0 Å². The number of hydrogen-bond donors (Lipinski definition) is 1. The molecule has 5 nitrogen and oxygen atoms in total. The molecule has 0 radical (unpaired) electrons. The molecule has 1 aliphatic heterocycles. The number of piperidine rings is 1. The molecular weight excluding hydrogens is 307 g/mol. The van der Waals surface area contributed by atoms with Gasteiger partial charge in [-0.05, 0) is 43.0 Å². The Hall–Kier alpha value is -2.47. The number of benzene rings is 1. The molecule has 24 heavy (non-hydrogen) atoms. The predicted molar refractivity (Wildman–Crippen MR) is 90.4 cm³/mol. The van der Waals surface area contributed by atoms with Gasteiger partial charge in [0.05, 0.1) is 11.9 Å². The second kappa shape index (κ2) is 6.20. The first-order valence-corrected chi connectivity index (χ1v) is 8.21. The molecule has 0 amide bonds. The molecule has 3 aromatic rings. The lowest BCUT2D eigenvalue weighted by Crippen LogP contribution is -2.38. The summed E-state index contributed by atoms with van der Waals surface area (Å²) < 4.78 is 15.0. The van der Waals surface area contributed by atoms with Gasteiger partial charge in [0, 0.05) is 37.4 Å². The first-order valence-electron chi connectivity index (χ1n) is 8.21. The van der Waals surface area contributed by atoms with Gasteiger partial charge in [0.2, 0.25) is 0 Å². The fourth-order valence-corrected chi connectivity index (χ4v) is 3.31. The smallest absolute Gasteiger partial charge is 0.157 e. The van der Waals surface area contributed by atoms with Crippen LogP contribution in [0.3, 0.4) is 0 Å². The number of rotatable bonds is 3. The van der Waals surface area contributed by atoms with E-state index in [1.165, 1.54) is 12.1 Å². The van der Waals surface area contributed by atoms with E-state index in [0.717, 1.165) is 48.7 Å². The van der Waals surface area contributed by atoms with Crippen molar-refractivity contribution < 1.29 is 9.50 Å². The number of aromatic nitrogens is 3. The average Bonchev–Trinajstić information content (AvgIpc) is 3.10. The summed E-state index contributed by atoms with van der Waals surface area (Å²) in [6, 6.07) is 10.2. The molecule has 124 valence electrons. The van der Waals surface area contributed by atoms with Crippen molar-refractivity contribution in [1.82, 2.24) is 14.6 Å². The number of aliphatic hydroxyl groups is 1. The van der Waals surface area contributed by atoms with Gasteiger partial charge in [0.25, 0.3) is 0 Å². The summed E-state index contributed by atoms with van der Waals surface area (Å²) in [5.41, 5.74) is 2.43. The summed E-state index contributed by atoms with van der Waals surface area (Å²) >= 11 is 0. The zero-order valence-corrected chi connectivity index (χ0v) is 13.3. The van der Waals surface area contributed by atoms with E-state index in [2.05, 4.69) is 15.0 Å². The monoisotopic (exact) mass is 326 g/mol. The van der Waals surface area contributed by atoms with Gasteiger partial charge in [-0.15, -0.1) is 0 Å². The minimum atomic E-state index is -0.258. The number of halogens is 1. The first kappa shape index (κ1) is 15.1. The largest absolute Gasteiger partial charge is 0.396 e. The van der Waals surface area contributed by atoms with Crippen LogP contribution in [0.15, 0.2) is 42.6 Å². The van der Waals surface area contributed by atoms with Crippen LogP contribution in [-0.4, -0.2) is 39.4 Å². The van der Waals surface area contributed by atoms with Crippen molar-refractivity contribution in [2.45, 2.75) is 12.8 Å². The Labute approximate surface area is 139 Å². The Morgan fingerprint density at radius 1 is 1.21 bits per heavy atom. The summed E-state index contributed by atoms with van der Waals surface area (Å²) in [6.45, 7) is 1.94. The number of anilines is 1. The maximum Gasteiger partial charge on any atom is 0.157 e. The third kappa shape index (κ3) is 2.73. The van der Waals surface area contributed by atoms with Gasteiger partial charge >= 0.3 is 0 Å². The molecule has 0 spiro atoms. The molecule has 4 rings (SSSR count). The van der Waals surface area contributed by atoms with Crippen molar-refractivity contribution >= 4 is 11.5 Å². The Bertz CT molecular complexity index is 846. The van der Waals surface area contributed by atoms with Gasteiger partial charge in [0.1, 0.15) is 11.6 Å². The highest BCUT2D eigenvalue weighted by Crippen LogP contribution is 2.27. The molecule has 0 bridgehead atoms. The van der Waals surface area contributed by atoms with E-state index in [1.807, 2.05) is 16.6 Å². The molecule has 6 heteroatoms. The lowest BCUT2D eigenvalue weighted by Gasteiger charge is -2.33. The Balaban J connectivity index is 1.79. The number of hydrogen-bond acceptors (Lipinski definition) is 4. The third-order valence-electron chi connectivity index (χ3n) is 4.58. The number of fused-ring (bicyclic) bond motifs is 1. The molecule has 1 fully saturated rings. The van der Waals surface area contributed by atoms with Crippen LogP contribution in [0, 0.1) is 11.7 Å². The van der Waals surface area contributed by atoms with Crippen molar-refractivity contribution in [3.8, 4) is 11.3 Å². The van der Waals surface area contributed by atoms with Crippen molar-refractivity contribution in [1.29, 1.82) is 0 Å². The van der Waals surface area contributed by atoms with Crippen molar-refractivity contribution in [2.75, 3.05) is 24.6 Å². The van der Waals surface area contributed by atoms with Crippen LogP contribution in [0.25, 0.3) is 16.9 Å². The maximum absolute atomic E-state index is 13.2. The number of aliphatic hydroxyl groups excluding tert-OH is 1. The van der Waals surface area contributed by atoms with Gasteiger partial charge in [-0.2, -0.15) is 9.61 Å². The summed E-state index contributed by atoms with van der Waals surface area (Å²) in [5, 5.41) is 13.9. The molecule has 2 aromatic heterocycles. The molecular formula is C18H19FN4O. The zero-order chi connectivity index (χ0) is 16.5. The highest BCUT2D eigenvalue weighted by atomic mass is 19.1. The van der Waals surface area contributed by atoms with E-state index >= 15 is 0 Å². The molecule has 0 saturated carbocycles. The molecule has 1 aromatic carbocycles. The Morgan fingerprint density at radius 3 is 2.83 bits per heavy atom. The zero-order valence-electron chi connectivity index (χ0n) is 13.3. The second-order valence-corrected chi connectivity index (χ2v) is 6.24. The van der Waals surface area contributed by atoms with Crippen molar-refractivity contribution in [3.05, 3.63) is 48.4 Å². The fourth-order valence-electron chi connectivity index (χ4n) is 3.31. The highest BCUT2D eigenvalue weighted by Gasteiger charge is 2.22. The minimum absolute atomic E-state index is 0.203. The SMILES string of the molecule is OCC1CCCN(c2cc(-c3ccc(F)cc3)nc3ccnn23)C1. The topological polar surface area (TPSA) is 53.7 Å². The third-order valence-corrected chi connectivity index (χ3v) is 4.58. The quantitative estimate of drug-likeness (QED) is 0.804. The minimum Gasteiger partial charge on any atom is -0.396 e. The van der Waals surface area contributed by atoms with E-state index in [4.69, 9.17) is 0 Å². The maximum atomic E-state index is 13.2. The Morgan fingerprint density at radius 2 is 2.04 bits per heavy atom. The summed E-state index contributed by atoms with van der Waals surface area (Å²) in [4.78, 5) is 6.88. The van der Waals surface area contributed by atoms with Crippen LogP contribution in [0.2, 0.25) is 0 Å². The molecule has 1 atom stereocenters. The summed E-state index contributed by atoms with van der Waals surface area (Å²) in [7, 11) is 0. The normalized spacial score (nSPS) is 18.2. The average molecular weight is 326 g/mol. The highest BCUT2D eigenvalue weighted by molar-refractivity contribution is 5.67. The van der Waals surface area contributed by atoms with Crippen molar-refractivity contribution in [2.24, 2.45) is 5.92 Å². The van der Waals surface area contributed by atoms with E-state index in [-0.39, 0.29) is 18.3 Å². The van der Waals surface area contributed by atoms with E-state index in [9.17, 15) is 9.50 Å². The van der Waals surface area contributed by atoms with Crippen LogP contribution in [0.1, 0.15) is 12.8 Å². The number of nitrogens with zero attached hydrogens (tertiary/aromatic N) is 4. The van der Waals surface area contributed by atoms with E-state index in [0.29, 0.717) is 0 Å². The molecule has 1 N–H and O–H groups in total. The van der Waals surface area contributed by atoms with Crippen LogP contribution < -0.4 is 4.90 Å². The van der Waals surface area contributed by atoms with Crippen LogP contribution in [-0.2, 0) is 0 Å². The molecule has 1 aliphatic rings. The van der Waals surface area contributed by atoms with Gasteiger partial charge in [-0.1, -0.05) is 0 Å². The fraction of sp³-hybridized carbons (Fsp3) is 0.333. The van der Waals surface area contributed by atoms with Crippen LogP contribution in [0.4, 0.5) is 10.2 Å². The molecule has 3 heterocycles. The van der Waals surface area contributed by atoms with Gasteiger partial charge < -0.3 is 10.0 Å². The first-order chi connectivity index (χ1) is 11.7. The predicted octanol–water partition coefficient (Wildman–Crippen LogP) is 2.74. The van der Waals surface area contributed by atoms with Crippen molar-refractivity contribution in [3.63, 3.8) is 0 Å². The Kier molecular flexibility index (Phi) is 3.90. The summed E-state index contributed by atoms with van der Waals surface area (Å²) in [5.74, 6) is 0.987. The van der Waals surface area contributed by atoms with Gasteiger partial charge in [-0.25, -0.2) is 9.37 Å². The second-order valence-electron chi connectivity index (χ2n) is 6.24. The molecule has 0 aliphatic carbocycles. The van der Waals surface area contributed by atoms with E-state index in [1.54, 1.807) is 18.3 Å². The standard InChI is InChI=1S/C18H19FN4O/c19-15-5-3-14(4-6-15)16-10-18(23-17(21-16)7-8-20-23)22-9-1-2-13(11-22)12-24/h3-8,10,13,24H,1-2,9,11-12H2. The molecule has 1 unspecified atom stereocenters.